The highest BCUT2D eigenvalue weighted by Crippen LogP contribution is 2.42. The minimum absolute atomic E-state index is 0.113. The van der Waals surface area contributed by atoms with Crippen LogP contribution >= 0.6 is 23.4 Å². The van der Waals surface area contributed by atoms with Crippen LogP contribution in [-0.4, -0.2) is 26.9 Å². The minimum atomic E-state index is -0.113. The second-order valence-electron chi connectivity index (χ2n) is 9.67. The lowest BCUT2D eigenvalue weighted by molar-refractivity contribution is -0.129. The molecule has 4 nitrogen and oxygen atoms in total. The van der Waals surface area contributed by atoms with Crippen molar-refractivity contribution in [2.24, 2.45) is 5.92 Å². The first-order valence-corrected chi connectivity index (χ1v) is 13.7. The summed E-state index contributed by atoms with van der Waals surface area (Å²) in [5, 5.41) is 4.34. The predicted molar refractivity (Wildman–Crippen MR) is 148 cm³/mol. The molecule has 2 fully saturated rings. The summed E-state index contributed by atoms with van der Waals surface area (Å²) >= 11 is 7.89. The van der Waals surface area contributed by atoms with Gasteiger partial charge in [-0.15, -0.1) is 0 Å². The van der Waals surface area contributed by atoms with E-state index in [4.69, 9.17) is 11.6 Å². The average molecular weight is 506 g/mol. The molecule has 3 atom stereocenters. The molecule has 1 amide bonds. The van der Waals surface area contributed by atoms with E-state index in [0.717, 1.165) is 39.7 Å². The first-order valence-electron chi connectivity index (χ1n) is 12.4. The predicted octanol–water partition coefficient (Wildman–Crippen LogP) is 7.64. The number of anilines is 1. The van der Waals surface area contributed by atoms with Gasteiger partial charge in [0, 0.05) is 33.8 Å². The van der Waals surface area contributed by atoms with Crippen LogP contribution in [0, 0.1) is 19.8 Å². The highest BCUT2D eigenvalue weighted by Gasteiger charge is 2.43. The number of amides is 1. The maximum absolute atomic E-state index is 13.8. The maximum Gasteiger partial charge on any atom is 0.262 e. The van der Waals surface area contributed by atoms with Gasteiger partial charge in [0.2, 0.25) is 0 Å². The second-order valence-corrected chi connectivity index (χ2v) is 11.2. The van der Waals surface area contributed by atoms with Crippen LogP contribution in [0.4, 0.5) is 5.69 Å². The lowest BCUT2D eigenvalue weighted by atomic mass is 9.85. The first kappa shape index (κ1) is 24.1. The molecule has 1 saturated heterocycles. The van der Waals surface area contributed by atoms with Crippen LogP contribution in [-0.2, 0) is 4.79 Å². The fourth-order valence-electron chi connectivity index (χ4n) is 5.45. The summed E-state index contributed by atoms with van der Waals surface area (Å²) < 4.78 is 2.20. The fourth-order valence-corrected chi connectivity index (χ4v) is 6.84. The van der Waals surface area contributed by atoms with Crippen LogP contribution in [0.1, 0.15) is 49.6 Å². The Morgan fingerprint density at radius 2 is 1.80 bits per heavy atom. The molecule has 1 aliphatic heterocycles. The number of thioether (sulfide) groups is 1. The van der Waals surface area contributed by atoms with Gasteiger partial charge >= 0.3 is 0 Å². The number of aryl methyl sites for hydroxylation is 1. The monoisotopic (exact) mass is 505 g/mol. The number of halogens is 1. The second kappa shape index (κ2) is 10.2. The normalized spacial score (nSPS) is 23.8. The molecule has 1 N–H and O–H groups in total. The van der Waals surface area contributed by atoms with Gasteiger partial charge in [0.1, 0.15) is 0 Å². The van der Waals surface area contributed by atoms with Crippen LogP contribution in [0.25, 0.3) is 11.8 Å². The molecule has 5 rings (SSSR count). The fraction of sp³-hybridized carbons (Fsp3) is 0.345. The highest BCUT2D eigenvalue weighted by atomic mass is 35.5. The number of carbonyl (C=O) groups is 1. The molecule has 6 heteroatoms. The quantitative estimate of drug-likeness (QED) is 0.362. The lowest BCUT2D eigenvalue weighted by Gasteiger charge is -2.39. The van der Waals surface area contributed by atoms with Gasteiger partial charge in [-0.2, -0.15) is 0 Å². The van der Waals surface area contributed by atoms with E-state index in [1.807, 2.05) is 36.4 Å². The van der Waals surface area contributed by atoms with Gasteiger partial charge in [-0.05, 0) is 80.6 Å². The summed E-state index contributed by atoms with van der Waals surface area (Å²) in [6.45, 7) is 6.49. The molecule has 0 bridgehead atoms. The average Bonchev–Trinajstić information content (AvgIpc) is 3.29. The van der Waals surface area contributed by atoms with Crippen molar-refractivity contribution in [3.8, 4) is 5.69 Å². The largest absolute Gasteiger partial charge is 0.356 e. The number of nitrogens with zero attached hydrogens (tertiary/aromatic N) is 2. The minimum Gasteiger partial charge on any atom is -0.356 e. The van der Waals surface area contributed by atoms with Gasteiger partial charge in [0.15, 0.2) is 5.50 Å². The molecule has 0 radical (unpaired) electrons. The summed E-state index contributed by atoms with van der Waals surface area (Å²) in [4.78, 5) is 16.8. The highest BCUT2D eigenvalue weighted by molar-refractivity contribution is 8.05. The van der Waals surface area contributed by atoms with E-state index >= 15 is 0 Å². The van der Waals surface area contributed by atoms with Crippen molar-refractivity contribution in [3.05, 3.63) is 87.5 Å². The smallest absolute Gasteiger partial charge is 0.262 e. The number of benzene rings is 2. The molecular weight excluding hydrogens is 474 g/mol. The van der Waals surface area contributed by atoms with Crippen molar-refractivity contribution in [2.75, 3.05) is 5.32 Å². The molecule has 3 aromatic rings. The lowest BCUT2D eigenvalue weighted by Crippen LogP contribution is -2.48. The van der Waals surface area contributed by atoms with E-state index in [2.05, 4.69) is 65.9 Å². The summed E-state index contributed by atoms with van der Waals surface area (Å²) in [5.41, 5.74) is 5.23. The molecule has 1 aliphatic carbocycles. The Hall–Kier alpha value is -2.63. The van der Waals surface area contributed by atoms with Crippen LogP contribution < -0.4 is 5.32 Å². The standard InChI is InChI=1S/C29H32ClN3OS/c1-19-10-7-8-15-26(19)33-28(34)27(35-29(33)31-24-12-5-4-6-13-24)17-22-16-20(2)32(21(22)3)25-14-9-11-23(30)18-25/h4-6,9,11-14,16-19,26,29,31H,7-8,10,15H2,1-3H3/b27-17-/t19-,26+,29?/m1/s1. The van der Waals surface area contributed by atoms with Crippen LogP contribution in [0.3, 0.4) is 0 Å². The number of hydrogen-bond acceptors (Lipinski definition) is 3. The van der Waals surface area contributed by atoms with E-state index in [1.165, 1.54) is 19.3 Å². The molecule has 2 aliphatic rings. The molecule has 1 unspecified atom stereocenters. The third-order valence-corrected chi connectivity index (χ3v) is 8.60. The number of nitrogens with one attached hydrogen (secondary N) is 1. The molecule has 0 spiro atoms. The van der Waals surface area contributed by atoms with Crippen molar-refractivity contribution in [1.82, 2.24) is 9.47 Å². The van der Waals surface area contributed by atoms with Gasteiger partial charge in [-0.1, -0.05) is 67.4 Å². The molecule has 35 heavy (non-hydrogen) atoms. The van der Waals surface area contributed by atoms with Crippen LogP contribution in [0.5, 0.6) is 0 Å². The van der Waals surface area contributed by atoms with E-state index in [1.54, 1.807) is 11.8 Å². The SMILES string of the molecule is Cc1cc(/C=C2\SC(Nc3ccccc3)N([C@H]3CCCC[C@H]3C)C2=O)c(C)n1-c1cccc(Cl)c1. The number of aromatic nitrogens is 1. The van der Waals surface area contributed by atoms with Gasteiger partial charge < -0.3 is 14.8 Å². The van der Waals surface area contributed by atoms with E-state index in [-0.39, 0.29) is 17.4 Å². The van der Waals surface area contributed by atoms with Crippen LogP contribution in [0.15, 0.2) is 65.6 Å². The van der Waals surface area contributed by atoms with Crippen molar-refractivity contribution < 1.29 is 4.79 Å². The molecule has 182 valence electrons. The Balaban J connectivity index is 1.49. The number of rotatable bonds is 5. The molecule has 2 aromatic carbocycles. The Morgan fingerprint density at radius 1 is 1.03 bits per heavy atom. The van der Waals surface area contributed by atoms with Gasteiger partial charge in [0.25, 0.3) is 5.91 Å². The first-order chi connectivity index (χ1) is 16.9. The van der Waals surface area contributed by atoms with Crippen LogP contribution in [0.2, 0.25) is 5.02 Å². The third kappa shape index (κ3) is 4.89. The Bertz CT molecular complexity index is 1250. The number of para-hydroxylation sites is 1. The van der Waals surface area contributed by atoms with Crippen molar-refractivity contribution in [1.29, 1.82) is 0 Å². The zero-order valence-electron chi connectivity index (χ0n) is 20.5. The van der Waals surface area contributed by atoms with Gasteiger partial charge in [-0.25, -0.2) is 0 Å². The Kier molecular flexibility index (Phi) is 6.99. The zero-order chi connectivity index (χ0) is 24.5. The molecule has 1 aromatic heterocycles. The maximum atomic E-state index is 13.8. The van der Waals surface area contributed by atoms with E-state index in [0.29, 0.717) is 10.9 Å². The number of carbonyl (C=O) groups excluding carboxylic acids is 1. The Labute approximate surface area is 217 Å². The summed E-state index contributed by atoms with van der Waals surface area (Å²) in [6.07, 6.45) is 6.75. The van der Waals surface area contributed by atoms with Gasteiger partial charge in [0.05, 0.1) is 4.91 Å². The molecule has 1 saturated carbocycles. The van der Waals surface area contributed by atoms with Crippen molar-refractivity contribution >= 4 is 41.0 Å². The summed E-state index contributed by atoms with van der Waals surface area (Å²) in [5.74, 6) is 0.635. The summed E-state index contributed by atoms with van der Waals surface area (Å²) in [7, 11) is 0. The van der Waals surface area contributed by atoms with Crippen molar-refractivity contribution in [3.63, 3.8) is 0 Å². The van der Waals surface area contributed by atoms with E-state index in [9.17, 15) is 4.79 Å². The third-order valence-electron chi connectivity index (χ3n) is 7.25. The van der Waals surface area contributed by atoms with Crippen molar-refractivity contribution in [2.45, 2.75) is 58.0 Å². The number of hydrogen-bond donors (Lipinski definition) is 1. The topological polar surface area (TPSA) is 37.3 Å². The zero-order valence-corrected chi connectivity index (χ0v) is 22.1. The molecule has 2 heterocycles. The van der Waals surface area contributed by atoms with Gasteiger partial charge in [-0.3, -0.25) is 4.79 Å². The molecular formula is C29H32ClN3OS. The summed E-state index contributed by atoms with van der Waals surface area (Å²) in [6, 6.07) is 20.5. The Morgan fingerprint density at radius 3 is 2.54 bits per heavy atom. The van der Waals surface area contributed by atoms with E-state index < -0.39 is 0 Å².